The fourth-order valence-electron chi connectivity index (χ4n) is 1.82. The Labute approximate surface area is 115 Å². The maximum Gasteiger partial charge on any atom is 0.307 e. The SMILES string of the molecule is O=C(O)Cc1ccc(Cl)cc1C(=O)c1ccccc1. The molecule has 0 aliphatic carbocycles. The lowest BCUT2D eigenvalue weighted by atomic mass is 9.97. The molecule has 0 aliphatic rings. The largest absolute Gasteiger partial charge is 0.481 e. The van der Waals surface area contributed by atoms with E-state index >= 15 is 0 Å². The van der Waals surface area contributed by atoms with Crippen molar-refractivity contribution >= 4 is 23.4 Å². The summed E-state index contributed by atoms with van der Waals surface area (Å²) in [7, 11) is 0. The maximum atomic E-state index is 12.3. The van der Waals surface area contributed by atoms with Gasteiger partial charge in [0.25, 0.3) is 0 Å². The van der Waals surface area contributed by atoms with Crippen molar-refractivity contribution < 1.29 is 14.7 Å². The quantitative estimate of drug-likeness (QED) is 0.871. The first kappa shape index (κ1) is 13.3. The number of rotatable bonds is 4. The van der Waals surface area contributed by atoms with Crippen LogP contribution in [0.1, 0.15) is 21.5 Å². The average molecular weight is 275 g/mol. The topological polar surface area (TPSA) is 54.4 Å². The number of hydrogen-bond acceptors (Lipinski definition) is 2. The number of aliphatic carboxylic acids is 1. The van der Waals surface area contributed by atoms with Crippen molar-refractivity contribution in [2.75, 3.05) is 0 Å². The smallest absolute Gasteiger partial charge is 0.307 e. The number of halogens is 1. The van der Waals surface area contributed by atoms with Gasteiger partial charge in [-0.05, 0) is 17.7 Å². The Morgan fingerprint density at radius 1 is 1.05 bits per heavy atom. The summed E-state index contributed by atoms with van der Waals surface area (Å²) in [5, 5.41) is 9.28. The Balaban J connectivity index is 2.45. The van der Waals surface area contributed by atoms with Gasteiger partial charge in [0.1, 0.15) is 0 Å². The summed E-state index contributed by atoms with van der Waals surface area (Å²) in [6.07, 6.45) is -0.203. The zero-order valence-electron chi connectivity index (χ0n) is 9.97. The van der Waals surface area contributed by atoms with Gasteiger partial charge in [-0.3, -0.25) is 9.59 Å². The lowest BCUT2D eigenvalue weighted by molar-refractivity contribution is -0.136. The molecular formula is C15H11ClO3. The second-order valence-electron chi connectivity index (χ2n) is 4.07. The van der Waals surface area contributed by atoms with E-state index in [4.69, 9.17) is 16.7 Å². The number of hydrogen-bond donors (Lipinski definition) is 1. The highest BCUT2D eigenvalue weighted by Gasteiger charge is 2.15. The minimum absolute atomic E-state index is 0.203. The first-order chi connectivity index (χ1) is 9.08. The van der Waals surface area contributed by atoms with E-state index in [2.05, 4.69) is 0 Å². The third kappa shape index (κ3) is 3.20. The van der Waals surface area contributed by atoms with Gasteiger partial charge < -0.3 is 5.11 Å². The van der Waals surface area contributed by atoms with Crippen molar-refractivity contribution in [3.8, 4) is 0 Å². The number of carbonyl (C=O) groups is 2. The Kier molecular flexibility index (Phi) is 3.97. The zero-order chi connectivity index (χ0) is 13.8. The molecule has 2 aromatic carbocycles. The fourth-order valence-corrected chi connectivity index (χ4v) is 1.99. The van der Waals surface area contributed by atoms with Crippen LogP contribution >= 0.6 is 11.6 Å². The van der Waals surface area contributed by atoms with Gasteiger partial charge in [0.2, 0.25) is 0 Å². The highest BCUT2D eigenvalue weighted by atomic mass is 35.5. The van der Waals surface area contributed by atoms with Gasteiger partial charge in [-0.2, -0.15) is 0 Å². The van der Waals surface area contributed by atoms with Crippen LogP contribution in [0.25, 0.3) is 0 Å². The maximum absolute atomic E-state index is 12.3. The molecule has 0 fully saturated rings. The summed E-state index contributed by atoms with van der Waals surface area (Å²) < 4.78 is 0. The van der Waals surface area contributed by atoms with Crippen LogP contribution in [0.3, 0.4) is 0 Å². The molecule has 0 amide bonds. The van der Waals surface area contributed by atoms with E-state index in [0.29, 0.717) is 21.7 Å². The van der Waals surface area contributed by atoms with Crippen LogP contribution in [0.15, 0.2) is 48.5 Å². The Bertz CT molecular complexity index is 621. The van der Waals surface area contributed by atoms with Gasteiger partial charge in [-0.25, -0.2) is 0 Å². The van der Waals surface area contributed by atoms with Crippen molar-refractivity contribution in [3.63, 3.8) is 0 Å². The molecular weight excluding hydrogens is 264 g/mol. The van der Waals surface area contributed by atoms with E-state index < -0.39 is 5.97 Å². The zero-order valence-corrected chi connectivity index (χ0v) is 10.7. The van der Waals surface area contributed by atoms with E-state index in [1.54, 1.807) is 36.4 Å². The van der Waals surface area contributed by atoms with Crippen molar-refractivity contribution in [3.05, 3.63) is 70.2 Å². The van der Waals surface area contributed by atoms with Crippen LogP contribution in [-0.2, 0) is 11.2 Å². The highest BCUT2D eigenvalue weighted by molar-refractivity contribution is 6.31. The molecule has 0 aliphatic heterocycles. The third-order valence-corrected chi connectivity index (χ3v) is 2.93. The van der Waals surface area contributed by atoms with Crippen LogP contribution < -0.4 is 0 Å². The first-order valence-electron chi connectivity index (χ1n) is 5.68. The van der Waals surface area contributed by atoms with E-state index in [1.807, 2.05) is 6.07 Å². The second-order valence-corrected chi connectivity index (χ2v) is 4.50. The molecule has 0 unspecified atom stereocenters. The molecule has 19 heavy (non-hydrogen) atoms. The van der Waals surface area contributed by atoms with Crippen LogP contribution in [-0.4, -0.2) is 16.9 Å². The number of carbonyl (C=O) groups excluding carboxylic acids is 1. The van der Waals surface area contributed by atoms with Gasteiger partial charge in [0, 0.05) is 16.1 Å². The molecule has 1 N–H and O–H groups in total. The molecule has 2 aromatic rings. The highest BCUT2D eigenvalue weighted by Crippen LogP contribution is 2.20. The standard InChI is InChI=1S/C15H11ClO3/c16-12-7-6-11(8-14(17)18)13(9-12)15(19)10-4-2-1-3-5-10/h1-7,9H,8H2,(H,17,18). The summed E-state index contributed by atoms with van der Waals surface area (Å²) in [5.74, 6) is -1.20. The molecule has 0 saturated heterocycles. The van der Waals surface area contributed by atoms with E-state index in [0.717, 1.165) is 0 Å². The van der Waals surface area contributed by atoms with Crippen LogP contribution in [0.2, 0.25) is 5.02 Å². The Morgan fingerprint density at radius 2 is 1.74 bits per heavy atom. The summed E-state index contributed by atoms with van der Waals surface area (Å²) in [5.41, 5.74) is 1.31. The molecule has 96 valence electrons. The van der Waals surface area contributed by atoms with Gasteiger partial charge >= 0.3 is 5.97 Å². The van der Waals surface area contributed by atoms with Gasteiger partial charge in [-0.15, -0.1) is 0 Å². The van der Waals surface area contributed by atoms with E-state index in [-0.39, 0.29) is 12.2 Å². The predicted octanol–water partition coefficient (Wildman–Crippen LogP) is 3.20. The molecule has 0 aromatic heterocycles. The minimum atomic E-state index is -0.982. The van der Waals surface area contributed by atoms with Gasteiger partial charge in [0.15, 0.2) is 5.78 Å². The molecule has 2 rings (SSSR count). The van der Waals surface area contributed by atoms with Gasteiger partial charge in [-0.1, -0.05) is 48.0 Å². The molecule has 0 radical (unpaired) electrons. The summed E-state index contributed by atoms with van der Waals surface area (Å²) in [4.78, 5) is 23.2. The number of ketones is 1. The molecule has 3 nitrogen and oxygen atoms in total. The lowest BCUT2D eigenvalue weighted by Crippen LogP contribution is -2.09. The predicted molar refractivity (Wildman–Crippen MR) is 72.7 cm³/mol. The summed E-state index contributed by atoms with van der Waals surface area (Å²) >= 11 is 5.89. The third-order valence-electron chi connectivity index (χ3n) is 2.69. The minimum Gasteiger partial charge on any atom is -0.481 e. The van der Waals surface area contributed by atoms with Crippen molar-refractivity contribution in [2.24, 2.45) is 0 Å². The monoisotopic (exact) mass is 274 g/mol. The van der Waals surface area contributed by atoms with Crippen molar-refractivity contribution in [2.45, 2.75) is 6.42 Å². The molecule has 0 heterocycles. The van der Waals surface area contributed by atoms with E-state index in [9.17, 15) is 9.59 Å². The molecule has 0 spiro atoms. The second kappa shape index (κ2) is 5.67. The molecule has 4 heteroatoms. The normalized spacial score (nSPS) is 10.2. The van der Waals surface area contributed by atoms with Gasteiger partial charge in [0.05, 0.1) is 6.42 Å². The average Bonchev–Trinajstić information content (AvgIpc) is 2.40. The first-order valence-corrected chi connectivity index (χ1v) is 6.05. The Hall–Kier alpha value is -2.13. The molecule has 0 saturated carbocycles. The molecule has 0 bridgehead atoms. The number of carboxylic acids is 1. The van der Waals surface area contributed by atoms with E-state index in [1.165, 1.54) is 6.07 Å². The fraction of sp³-hybridized carbons (Fsp3) is 0.0667. The molecule has 0 atom stereocenters. The van der Waals surface area contributed by atoms with Crippen LogP contribution in [0, 0.1) is 0 Å². The van der Waals surface area contributed by atoms with Crippen molar-refractivity contribution in [1.29, 1.82) is 0 Å². The summed E-state index contributed by atoms with van der Waals surface area (Å²) in [6.45, 7) is 0. The van der Waals surface area contributed by atoms with Crippen molar-refractivity contribution in [1.82, 2.24) is 0 Å². The summed E-state index contributed by atoms with van der Waals surface area (Å²) in [6, 6.07) is 13.4. The van der Waals surface area contributed by atoms with Crippen LogP contribution in [0.4, 0.5) is 0 Å². The lowest BCUT2D eigenvalue weighted by Gasteiger charge is -2.07. The van der Waals surface area contributed by atoms with Crippen LogP contribution in [0.5, 0.6) is 0 Å². The number of benzene rings is 2. The number of carboxylic acid groups (broad SMARTS) is 1. The Morgan fingerprint density at radius 3 is 2.37 bits per heavy atom.